The van der Waals surface area contributed by atoms with Crippen molar-refractivity contribution in [1.29, 1.82) is 0 Å². The zero-order valence-corrected chi connectivity index (χ0v) is 21.4. The average molecular weight is 487 g/mol. The Morgan fingerprint density at radius 2 is 1.89 bits per heavy atom. The fraction of sp³-hybridized carbons (Fsp3) is 0.310. The molecule has 0 radical (unpaired) electrons. The zero-order chi connectivity index (χ0) is 24.6. The van der Waals surface area contributed by atoms with Crippen molar-refractivity contribution >= 4 is 28.4 Å². The first-order chi connectivity index (χ1) is 16.8. The number of ether oxygens (including phenoxy) is 2. The predicted octanol–water partition coefficient (Wildman–Crippen LogP) is 6.69. The number of methoxy groups -OCH3 is 1. The summed E-state index contributed by atoms with van der Waals surface area (Å²) < 4.78 is 13.3. The van der Waals surface area contributed by atoms with E-state index in [9.17, 15) is 4.79 Å². The molecule has 1 aliphatic rings. The molecule has 1 saturated carbocycles. The minimum Gasteiger partial charge on any atom is -0.493 e. The molecule has 35 heavy (non-hydrogen) atoms. The molecule has 180 valence electrons. The van der Waals surface area contributed by atoms with Gasteiger partial charge in [0.25, 0.3) is 5.56 Å². The Hall–Kier alpha value is -3.38. The van der Waals surface area contributed by atoms with Crippen LogP contribution >= 0.6 is 11.3 Å². The summed E-state index contributed by atoms with van der Waals surface area (Å²) in [4.78, 5) is 19.0. The number of hydrogen-bond donors (Lipinski definition) is 0. The van der Waals surface area contributed by atoms with Crippen LogP contribution in [0.4, 0.5) is 0 Å². The maximum atomic E-state index is 13.5. The third-order valence-electron chi connectivity index (χ3n) is 6.34. The lowest BCUT2D eigenvalue weighted by Gasteiger charge is -2.19. The van der Waals surface area contributed by atoms with Crippen molar-refractivity contribution in [2.24, 2.45) is 5.92 Å². The first-order valence-corrected chi connectivity index (χ1v) is 12.8. The van der Waals surface area contributed by atoms with E-state index in [1.54, 1.807) is 17.7 Å². The molecular formula is C29H30N2O3S. The monoisotopic (exact) mass is 486 g/mol. The summed E-state index contributed by atoms with van der Waals surface area (Å²) in [6, 6.07) is 14.1. The fourth-order valence-corrected chi connectivity index (χ4v) is 4.77. The van der Waals surface area contributed by atoms with Crippen LogP contribution < -0.4 is 15.0 Å². The van der Waals surface area contributed by atoms with Crippen LogP contribution in [0, 0.1) is 5.92 Å². The van der Waals surface area contributed by atoms with E-state index in [1.165, 1.54) is 29.7 Å². The number of thiazole rings is 1. The molecule has 5 rings (SSSR count). The molecule has 0 N–H and O–H groups in total. The number of rotatable bonds is 7. The van der Waals surface area contributed by atoms with E-state index in [2.05, 4.69) is 32.9 Å². The van der Waals surface area contributed by atoms with Crippen molar-refractivity contribution in [2.45, 2.75) is 39.0 Å². The molecule has 2 heterocycles. The molecule has 5 nitrogen and oxygen atoms in total. The zero-order valence-electron chi connectivity index (χ0n) is 20.6. The standard InChI is InChI=1S/C29H30N2O3S/c1-29(2,3)22-13-10-20(11-14-22)25-23(30-28-31(27(25)32)16-17-35-28)15-12-21-6-5-7-24(33-4)26(21)34-18-19-8-9-19/h5-7,10-17,19H,8-9,18H2,1-4H3/b15-12+. The third-order valence-corrected chi connectivity index (χ3v) is 7.10. The van der Waals surface area contributed by atoms with Crippen LogP contribution in [0.5, 0.6) is 11.5 Å². The second-order valence-corrected chi connectivity index (χ2v) is 10.9. The number of nitrogens with zero attached hydrogens (tertiary/aromatic N) is 2. The van der Waals surface area contributed by atoms with Crippen molar-refractivity contribution < 1.29 is 9.47 Å². The van der Waals surface area contributed by atoms with Gasteiger partial charge < -0.3 is 9.47 Å². The summed E-state index contributed by atoms with van der Waals surface area (Å²) in [5.41, 5.74) is 4.15. The Bertz CT molecular complexity index is 1440. The molecule has 0 saturated heterocycles. The molecule has 4 aromatic rings. The van der Waals surface area contributed by atoms with Gasteiger partial charge in [-0.25, -0.2) is 4.98 Å². The van der Waals surface area contributed by atoms with E-state index >= 15 is 0 Å². The minimum atomic E-state index is -0.0738. The van der Waals surface area contributed by atoms with Gasteiger partial charge in [0.15, 0.2) is 16.5 Å². The van der Waals surface area contributed by atoms with Gasteiger partial charge in [-0.05, 0) is 53.5 Å². The highest BCUT2D eigenvalue weighted by Gasteiger charge is 2.23. The van der Waals surface area contributed by atoms with Gasteiger partial charge in [0.2, 0.25) is 0 Å². The third kappa shape index (κ3) is 4.89. The summed E-state index contributed by atoms with van der Waals surface area (Å²) in [6.07, 6.45) is 8.08. The smallest absolute Gasteiger partial charge is 0.266 e. The van der Waals surface area contributed by atoms with E-state index in [4.69, 9.17) is 14.5 Å². The van der Waals surface area contributed by atoms with Crippen LogP contribution in [0.1, 0.15) is 50.4 Å². The molecule has 6 heteroatoms. The molecule has 0 bridgehead atoms. The van der Waals surface area contributed by atoms with E-state index in [0.717, 1.165) is 16.9 Å². The lowest BCUT2D eigenvalue weighted by Crippen LogP contribution is -2.17. The van der Waals surface area contributed by atoms with Crippen molar-refractivity contribution in [3.05, 3.63) is 81.2 Å². The Morgan fingerprint density at radius 1 is 1.11 bits per heavy atom. The van der Waals surface area contributed by atoms with Crippen LogP contribution in [0.3, 0.4) is 0 Å². The van der Waals surface area contributed by atoms with E-state index < -0.39 is 0 Å². The molecule has 0 spiro atoms. The summed E-state index contributed by atoms with van der Waals surface area (Å²) in [5.74, 6) is 2.05. The second kappa shape index (κ2) is 9.34. The van der Waals surface area contributed by atoms with Gasteiger partial charge in [-0.3, -0.25) is 9.20 Å². The first kappa shape index (κ1) is 23.4. The Labute approximate surface area is 209 Å². The largest absolute Gasteiger partial charge is 0.493 e. The Kier molecular flexibility index (Phi) is 6.24. The molecule has 0 amide bonds. The predicted molar refractivity (Wildman–Crippen MR) is 144 cm³/mol. The lowest BCUT2D eigenvalue weighted by molar-refractivity contribution is 0.280. The van der Waals surface area contributed by atoms with Gasteiger partial charge in [-0.15, -0.1) is 11.3 Å². The molecule has 2 aromatic carbocycles. The Morgan fingerprint density at radius 3 is 2.57 bits per heavy atom. The summed E-state index contributed by atoms with van der Waals surface area (Å²) >= 11 is 1.45. The van der Waals surface area contributed by atoms with Crippen LogP contribution in [-0.4, -0.2) is 23.1 Å². The minimum absolute atomic E-state index is 0.0368. The van der Waals surface area contributed by atoms with Gasteiger partial charge in [0, 0.05) is 17.1 Å². The summed E-state index contributed by atoms with van der Waals surface area (Å²) in [7, 11) is 1.65. The lowest BCUT2D eigenvalue weighted by atomic mass is 9.86. The molecule has 0 atom stereocenters. The van der Waals surface area contributed by atoms with Gasteiger partial charge >= 0.3 is 0 Å². The number of benzene rings is 2. The van der Waals surface area contributed by atoms with Gasteiger partial charge in [-0.1, -0.05) is 57.2 Å². The second-order valence-electron chi connectivity index (χ2n) is 10.0. The highest BCUT2D eigenvalue weighted by molar-refractivity contribution is 7.15. The molecule has 1 fully saturated rings. The van der Waals surface area contributed by atoms with E-state index in [-0.39, 0.29) is 11.0 Å². The van der Waals surface area contributed by atoms with Gasteiger partial charge in [0.1, 0.15) is 0 Å². The van der Waals surface area contributed by atoms with Crippen molar-refractivity contribution in [3.63, 3.8) is 0 Å². The van der Waals surface area contributed by atoms with Gasteiger partial charge in [0.05, 0.1) is 25.0 Å². The molecular weight excluding hydrogens is 456 g/mol. The molecule has 2 aromatic heterocycles. The normalized spacial score (nSPS) is 14.1. The van der Waals surface area contributed by atoms with Crippen LogP contribution in [-0.2, 0) is 5.41 Å². The van der Waals surface area contributed by atoms with E-state index in [1.807, 2.05) is 47.9 Å². The average Bonchev–Trinajstić information content (AvgIpc) is 3.55. The number of para-hydroxylation sites is 1. The summed E-state index contributed by atoms with van der Waals surface area (Å²) in [5, 5.41) is 1.88. The van der Waals surface area contributed by atoms with Gasteiger partial charge in [-0.2, -0.15) is 0 Å². The molecule has 0 unspecified atom stereocenters. The summed E-state index contributed by atoms with van der Waals surface area (Å²) in [6.45, 7) is 7.23. The maximum Gasteiger partial charge on any atom is 0.266 e. The maximum absolute atomic E-state index is 13.5. The van der Waals surface area contributed by atoms with Crippen LogP contribution in [0.25, 0.3) is 28.2 Å². The molecule has 1 aliphatic carbocycles. The quantitative estimate of drug-likeness (QED) is 0.292. The van der Waals surface area contributed by atoms with E-state index in [0.29, 0.717) is 34.5 Å². The Balaban J connectivity index is 1.59. The topological polar surface area (TPSA) is 52.8 Å². The van der Waals surface area contributed by atoms with Crippen LogP contribution in [0.15, 0.2) is 58.8 Å². The number of hydrogen-bond acceptors (Lipinski definition) is 5. The van der Waals surface area contributed by atoms with Crippen molar-refractivity contribution in [2.75, 3.05) is 13.7 Å². The van der Waals surface area contributed by atoms with Crippen molar-refractivity contribution in [1.82, 2.24) is 9.38 Å². The molecule has 0 aliphatic heterocycles. The number of fused-ring (bicyclic) bond motifs is 1. The SMILES string of the molecule is COc1cccc(/C=C/c2nc3sccn3c(=O)c2-c2ccc(C(C)(C)C)cc2)c1OCC1CC1. The fourth-order valence-electron chi connectivity index (χ4n) is 4.06. The van der Waals surface area contributed by atoms with Crippen LogP contribution in [0.2, 0.25) is 0 Å². The highest BCUT2D eigenvalue weighted by Crippen LogP contribution is 2.36. The van der Waals surface area contributed by atoms with Crippen molar-refractivity contribution in [3.8, 4) is 22.6 Å². The first-order valence-electron chi connectivity index (χ1n) is 11.9. The highest BCUT2D eigenvalue weighted by atomic mass is 32.1. The number of aromatic nitrogens is 2.